The van der Waals surface area contributed by atoms with Crippen molar-refractivity contribution in [2.24, 2.45) is 0 Å². The van der Waals surface area contributed by atoms with Crippen molar-refractivity contribution in [1.82, 2.24) is 20.2 Å². The Morgan fingerprint density at radius 3 is 2.86 bits per heavy atom. The van der Waals surface area contributed by atoms with E-state index in [-0.39, 0.29) is 5.56 Å². The maximum absolute atomic E-state index is 12.0. The van der Waals surface area contributed by atoms with Crippen LogP contribution in [0.4, 0.5) is 0 Å². The van der Waals surface area contributed by atoms with Crippen molar-refractivity contribution in [3.63, 3.8) is 0 Å². The van der Waals surface area contributed by atoms with Gasteiger partial charge in [-0.3, -0.25) is 9.69 Å². The maximum Gasteiger partial charge on any atom is 0.270 e. The molecule has 0 radical (unpaired) electrons. The molecule has 0 bridgehead atoms. The number of nitrogens with one attached hydrogen (secondary N) is 2. The largest absolute Gasteiger partial charge is 0.319 e. The van der Waals surface area contributed by atoms with Crippen molar-refractivity contribution >= 4 is 11.0 Å². The second kappa shape index (κ2) is 6.37. The van der Waals surface area contributed by atoms with Crippen molar-refractivity contribution < 1.29 is 0 Å². The van der Waals surface area contributed by atoms with Gasteiger partial charge in [-0.25, -0.2) is 4.98 Å². The zero-order valence-corrected chi connectivity index (χ0v) is 12.5. The highest BCUT2D eigenvalue weighted by Crippen LogP contribution is 2.13. The summed E-state index contributed by atoms with van der Waals surface area (Å²) < 4.78 is 0. The number of aromatic nitrogens is 2. The molecule has 1 saturated heterocycles. The molecule has 1 fully saturated rings. The number of benzene rings is 1. The molecule has 2 heterocycles. The summed E-state index contributed by atoms with van der Waals surface area (Å²) >= 11 is 0. The second-order valence-corrected chi connectivity index (χ2v) is 5.64. The highest BCUT2D eigenvalue weighted by Gasteiger charge is 2.11. The fourth-order valence-corrected chi connectivity index (χ4v) is 2.80. The number of aryl methyl sites for hydroxylation is 1. The normalized spacial score (nSPS) is 16.4. The molecule has 1 aliphatic rings. The van der Waals surface area contributed by atoms with E-state index in [0.717, 1.165) is 56.6 Å². The summed E-state index contributed by atoms with van der Waals surface area (Å²) in [5.41, 5.74) is 3.53. The summed E-state index contributed by atoms with van der Waals surface area (Å²) in [4.78, 5) is 21.9. The molecule has 5 heteroatoms. The predicted molar refractivity (Wildman–Crippen MR) is 84.5 cm³/mol. The van der Waals surface area contributed by atoms with Crippen LogP contribution in [0.5, 0.6) is 0 Å². The number of nitrogens with zero attached hydrogens (tertiary/aromatic N) is 2. The molecule has 0 unspecified atom stereocenters. The Balaban J connectivity index is 1.85. The molecule has 2 aromatic rings. The van der Waals surface area contributed by atoms with Crippen LogP contribution >= 0.6 is 0 Å². The van der Waals surface area contributed by atoms with Gasteiger partial charge in [0, 0.05) is 32.7 Å². The topological polar surface area (TPSA) is 61.0 Å². The molecule has 112 valence electrons. The van der Waals surface area contributed by atoms with Gasteiger partial charge >= 0.3 is 0 Å². The number of rotatable bonds is 4. The van der Waals surface area contributed by atoms with Crippen LogP contribution in [0.3, 0.4) is 0 Å². The van der Waals surface area contributed by atoms with Crippen molar-refractivity contribution in [1.29, 1.82) is 0 Å². The maximum atomic E-state index is 12.0. The average Bonchev–Trinajstić information content (AvgIpc) is 2.49. The molecular formula is C16H22N4O. The van der Waals surface area contributed by atoms with Crippen LogP contribution in [0.15, 0.2) is 23.0 Å². The van der Waals surface area contributed by atoms with Crippen LogP contribution in [0, 0.1) is 0 Å². The van der Waals surface area contributed by atoms with Crippen LogP contribution in [-0.4, -0.2) is 41.0 Å². The van der Waals surface area contributed by atoms with E-state index < -0.39 is 0 Å². The summed E-state index contributed by atoms with van der Waals surface area (Å²) in [7, 11) is 0. The third-order valence-electron chi connectivity index (χ3n) is 3.93. The minimum Gasteiger partial charge on any atom is -0.319 e. The number of hydrogen-bond acceptors (Lipinski definition) is 4. The van der Waals surface area contributed by atoms with Crippen LogP contribution in [-0.2, 0) is 13.0 Å². The lowest BCUT2D eigenvalue weighted by Crippen LogP contribution is -2.42. The molecule has 2 N–H and O–H groups in total. The van der Waals surface area contributed by atoms with Gasteiger partial charge in [0.25, 0.3) is 5.56 Å². The quantitative estimate of drug-likeness (QED) is 0.889. The van der Waals surface area contributed by atoms with Gasteiger partial charge in [-0.05, 0) is 24.1 Å². The highest BCUT2D eigenvalue weighted by atomic mass is 16.1. The molecule has 5 nitrogen and oxygen atoms in total. The number of piperazine rings is 1. The molecular weight excluding hydrogens is 264 g/mol. The van der Waals surface area contributed by atoms with Gasteiger partial charge in [0.15, 0.2) is 0 Å². The zero-order chi connectivity index (χ0) is 14.7. The minimum absolute atomic E-state index is 0.0522. The molecule has 0 aliphatic carbocycles. The summed E-state index contributed by atoms with van der Waals surface area (Å²) in [6.45, 7) is 7.22. The van der Waals surface area contributed by atoms with Gasteiger partial charge in [-0.2, -0.15) is 0 Å². The van der Waals surface area contributed by atoms with Crippen molar-refractivity contribution in [2.45, 2.75) is 26.3 Å². The first-order valence-corrected chi connectivity index (χ1v) is 7.71. The monoisotopic (exact) mass is 286 g/mol. The molecule has 0 amide bonds. The van der Waals surface area contributed by atoms with Gasteiger partial charge < -0.3 is 10.3 Å². The van der Waals surface area contributed by atoms with E-state index in [9.17, 15) is 4.79 Å². The first-order chi connectivity index (χ1) is 10.3. The summed E-state index contributed by atoms with van der Waals surface area (Å²) in [5, 5.41) is 3.36. The van der Waals surface area contributed by atoms with Crippen molar-refractivity contribution in [3.05, 3.63) is 39.8 Å². The first kappa shape index (κ1) is 14.2. The van der Waals surface area contributed by atoms with E-state index >= 15 is 0 Å². The molecule has 0 saturated carbocycles. The summed E-state index contributed by atoms with van der Waals surface area (Å²) in [5.74, 6) is 0. The molecule has 1 aliphatic heterocycles. The van der Waals surface area contributed by atoms with Gasteiger partial charge in [-0.1, -0.05) is 19.4 Å². The minimum atomic E-state index is -0.0522. The van der Waals surface area contributed by atoms with Crippen molar-refractivity contribution in [2.75, 3.05) is 26.2 Å². The SMILES string of the molecule is CCCc1nc2ccc(CN3CCNCC3)cc2[nH]c1=O. The standard InChI is InChI=1S/C16H22N4O/c1-2-3-14-16(21)19-15-10-12(4-5-13(15)18-14)11-20-8-6-17-7-9-20/h4-5,10,17H,2-3,6-9,11H2,1H3,(H,19,21). The number of aromatic amines is 1. The van der Waals surface area contributed by atoms with Crippen LogP contribution < -0.4 is 10.9 Å². The van der Waals surface area contributed by atoms with E-state index in [4.69, 9.17) is 0 Å². The Morgan fingerprint density at radius 2 is 2.10 bits per heavy atom. The summed E-state index contributed by atoms with van der Waals surface area (Å²) in [6, 6.07) is 6.19. The first-order valence-electron chi connectivity index (χ1n) is 7.71. The molecule has 1 aromatic carbocycles. The number of fused-ring (bicyclic) bond motifs is 1. The van der Waals surface area contributed by atoms with Gasteiger partial charge in [0.05, 0.1) is 11.0 Å². The van der Waals surface area contributed by atoms with E-state index in [1.165, 1.54) is 5.56 Å². The van der Waals surface area contributed by atoms with E-state index in [2.05, 4.69) is 39.2 Å². The van der Waals surface area contributed by atoms with Crippen LogP contribution in [0.2, 0.25) is 0 Å². The Hall–Kier alpha value is -1.72. The smallest absolute Gasteiger partial charge is 0.270 e. The second-order valence-electron chi connectivity index (χ2n) is 5.64. The summed E-state index contributed by atoms with van der Waals surface area (Å²) in [6.07, 6.45) is 1.66. The molecule has 1 aromatic heterocycles. The fourth-order valence-electron chi connectivity index (χ4n) is 2.80. The van der Waals surface area contributed by atoms with Crippen LogP contribution in [0.1, 0.15) is 24.6 Å². The van der Waals surface area contributed by atoms with Gasteiger partial charge in [-0.15, -0.1) is 0 Å². The highest BCUT2D eigenvalue weighted by molar-refractivity contribution is 5.74. The van der Waals surface area contributed by atoms with Gasteiger partial charge in [0.1, 0.15) is 5.69 Å². The van der Waals surface area contributed by atoms with E-state index in [1.807, 2.05) is 6.07 Å². The number of H-pyrrole nitrogens is 1. The average molecular weight is 286 g/mol. The molecule has 21 heavy (non-hydrogen) atoms. The lowest BCUT2D eigenvalue weighted by Gasteiger charge is -2.27. The van der Waals surface area contributed by atoms with Gasteiger partial charge in [0.2, 0.25) is 0 Å². The Labute approximate surface area is 124 Å². The lowest BCUT2D eigenvalue weighted by atomic mass is 10.1. The fraction of sp³-hybridized carbons (Fsp3) is 0.500. The van der Waals surface area contributed by atoms with E-state index in [0.29, 0.717) is 5.69 Å². The Morgan fingerprint density at radius 1 is 1.29 bits per heavy atom. The molecule has 0 spiro atoms. The van der Waals surface area contributed by atoms with E-state index in [1.54, 1.807) is 0 Å². The number of hydrogen-bond donors (Lipinski definition) is 2. The lowest BCUT2D eigenvalue weighted by molar-refractivity contribution is 0.233. The predicted octanol–water partition coefficient (Wildman–Crippen LogP) is 1.28. The molecule has 0 atom stereocenters. The van der Waals surface area contributed by atoms with Crippen molar-refractivity contribution in [3.8, 4) is 0 Å². The third kappa shape index (κ3) is 3.31. The molecule has 3 rings (SSSR count). The Kier molecular flexibility index (Phi) is 4.31. The third-order valence-corrected chi connectivity index (χ3v) is 3.93. The zero-order valence-electron chi connectivity index (χ0n) is 12.5. The van der Waals surface area contributed by atoms with Crippen LogP contribution in [0.25, 0.3) is 11.0 Å². The Bertz CT molecular complexity index is 674.